The summed E-state index contributed by atoms with van der Waals surface area (Å²) in [7, 11) is 0. The van der Waals surface area contributed by atoms with Crippen LogP contribution in [-0.4, -0.2) is 53.7 Å². The molecule has 140 valence electrons. The van der Waals surface area contributed by atoms with Crippen LogP contribution in [-0.2, 0) is 14.3 Å². The van der Waals surface area contributed by atoms with E-state index in [2.05, 4.69) is 15.1 Å². The first-order valence-electron chi connectivity index (χ1n) is 9.31. The van der Waals surface area contributed by atoms with Gasteiger partial charge in [-0.25, -0.2) is 0 Å². The molecule has 0 unspecified atom stereocenters. The fourth-order valence-corrected chi connectivity index (χ4v) is 3.52. The Morgan fingerprint density at radius 1 is 1.31 bits per heavy atom. The van der Waals surface area contributed by atoms with Crippen molar-refractivity contribution in [2.24, 2.45) is 0 Å². The highest BCUT2D eigenvalue weighted by Gasteiger charge is 2.20. The molecular formula is C20H27N3O3. The van der Waals surface area contributed by atoms with Crippen LogP contribution in [0.3, 0.4) is 0 Å². The van der Waals surface area contributed by atoms with Crippen LogP contribution in [0.2, 0.25) is 0 Å². The van der Waals surface area contributed by atoms with Gasteiger partial charge in [-0.05, 0) is 31.9 Å². The Bertz CT molecular complexity index is 655. The Balaban J connectivity index is 1.41. The standard InChI is InChI=1S/C20H27N3O3/c1-16(24)21-18-6-10-22(11-7-18)8-3-9-23-12-13-26-20(15-23)17-4-2-5-19(25)14-17/h2,4-5,12-13,15,18H,3,6-11,14H2,1H3,(H,21,24). The molecule has 1 N–H and O–H groups in total. The monoisotopic (exact) mass is 357 g/mol. The maximum Gasteiger partial charge on any atom is 0.217 e. The number of nitrogens with one attached hydrogen (secondary N) is 1. The van der Waals surface area contributed by atoms with Gasteiger partial charge in [-0.2, -0.15) is 0 Å². The molecule has 6 heteroatoms. The first-order valence-corrected chi connectivity index (χ1v) is 9.31. The van der Waals surface area contributed by atoms with Gasteiger partial charge in [-0.3, -0.25) is 9.59 Å². The Hall–Kier alpha value is -2.34. The van der Waals surface area contributed by atoms with Gasteiger partial charge in [0, 0.05) is 57.0 Å². The maximum atomic E-state index is 11.6. The number of rotatable bonds is 6. The third-order valence-electron chi connectivity index (χ3n) is 4.88. The van der Waals surface area contributed by atoms with Gasteiger partial charge in [0.15, 0.2) is 5.78 Å². The molecule has 26 heavy (non-hydrogen) atoms. The Morgan fingerprint density at radius 3 is 2.85 bits per heavy atom. The van der Waals surface area contributed by atoms with Crippen molar-refractivity contribution in [3.8, 4) is 0 Å². The van der Waals surface area contributed by atoms with E-state index in [1.807, 2.05) is 18.5 Å². The Labute approximate surface area is 154 Å². The summed E-state index contributed by atoms with van der Waals surface area (Å²) < 4.78 is 5.58. The molecule has 0 spiro atoms. The summed E-state index contributed by atoms with van der Waals surface area (Å²) in [4.78, 5) is 27.3. The SMILES string of the molecule is CC(=O)NC1CCN(CCCN2C=COC(C3=CC=CC(=O)C3)=C2)CC1. The zero-order chi connectivity index (χ0) is 18.4. The lowest BCUT2D eigenvalue weighted by atomic mass is 10.0. The van der Waals surface area contributed by atoms with Crippen LogP contribution >= 0.6 is 0 Å². The molecule has 0 atom stereocenters. The van der Waals surface area contributed by atoms with Gasteiger partial charge in [-0.1, -0.05) is 12.2 Å². The van der Waals surface area contributed by atoms with Crippen molar-refractivity contribution in [1.29, 1.82) is 0 Å². The topological polar surface area (TPSA) is 61.9 Å². The molecule has 0 bridgehead atoms. The van der Waals surface area contributed by atoms with E-state index in [0.29, 0.717) is 12.5 Å². The van der Waals surface area contributed by atoms with E-state index in [9.17, 15) is 9.59 Å². The lowest BCUT2D eigenvalue weighted by Crippen LogP contribution is -2.44. The van der Waals surface area contributed by atoms with E-state index >= 15 is 0 Å². The number of carbonyl (C=O) groups excluding carboxylic acids is 2. The summed E-state index contributed by atoms with van der Waals surface area (Å²) in [5.41, 5.74) is 0.923. The van der Waals surface area contributed by atoms with Gasteiger partial charge in [0.1, 0.15) is 12.0 Å². The minimum Gasteiger partial charge on any atom is -0.462 e. The highest BCUT2D eigenvalue weighted by molar-refractivity contribution is 5.93. The lowest BCUT2D eigenvalue weighted by Gasteiger charge is -2.32. The summed E-state index contributed by atoms with van der Waals surface area (Å²) in [5, 5.41) is 3.01. The Kier molecular flexibility index (Phi) is 6.28. The smallest absolute Gasteiger partial charge is 0.217 e. The van der Waals surface area contributed by atoms with Crippen LogP contribution in [0.4, 0.5) is 0 Å². The molecule has 0 saturated carbocycles. The molecule has 6 nitrogen and oxygen atoms in total. The van der Waals surface area contributed by atoms with E-state index < -0.39 is 0 Å². The number of allylic oxidation sites excluding steroid dienone is 4. The van der Waals surface area contributed by atoms with Crippen molar-refractivity contribution in [2.45, 2.75) is 38.6 Å². The predicted molar refractivity (Wildman–Crippen MR) is 99.8 cm³/mol. The van der Waals surface area contributed by atoms with E-state index in [1.54, 1.807) is 25.3 Å². The molecule has 1 amide bonds. The van der Waals surface area contributed by atoms with Crippen LogP contribution in [0, 0.1) is 0 Å². The second-order valence-electron chi connectivity index (χ2n) is 7.00. The molecule has 3 rings (SSSR count). The van der Waals surface area contributed by atoms with Crippen molar-refractivity contribution >= 4 is 11.7 Å². The summed E-state index contributed by atoms with van der Waals surface area (Å²) in [6.07, 6.45) is 14.4. The molecule has 0 aromatic rings. The molecule has 1 saturated heterocycles. The summed E-state index contributed by atoms with van der Waals surface area (Å²) in [5.74, 6) is 0.924. The van der Waals surface area contributed by atoms with Crippen molar-refractivity contribution < 1.29 is 14.3 Å². The average Bonchev–Trinajstić information content (AvgIpc) is 2.63. The Morgan fingerprint density at radius 2 is 2.12 bits per heavy atom. The first kappa shape index (κ1) is 18.5. The van der Waals surface area contributed by atoms with Crippen molar-refractivity contribution in [3.05, 3.63) is 48.2 Å². The highest BCUT2D eigenvalue weighted by atomic mass is 16.5. The van der Waals surface area contributed by atoms with Crippen LogP contribution in [0.5, 0.6) is 0 Å². The molecule has 2 aliphatic heterocycles. The van der Waals surface area contributed by atoms with Gasteiger partial charge in [0.2, 0.25) is 5.91 Å². The molecule has 2 heterocycles. The summed E-state index contributed by atoms with van der Waals surface area (Å²) in [6.45, 7) is 5.61. The van der Waals surface area contributed by atoms with E-state index in [0.717, 1.165) is 56.8 Å². The molecule has 0 aromatic heterocycles. The maximum absolute atomic E-state index is 11.6. The minimum atomic E-state index is 0.0652. The predicted octanol–water partition coefficient (Wildman–Crippen LogP) is 2.08. The van der Waals surface area contributed by atoms with Crippen LogP contribution in [0.25, 0.3) is 0 Å². The second-order valence-corrected chi connectivity index (χ2v) is 7.00. The third kappa shape index (κ3) is 5.33. The van der Waals surface area contributed by atoms with Crippen molar-refractivity contribution in [1.82, 2.24) is 15.1 Å². The number of ether oxygens (including phenoxy) is 1. The van der Waals surface area contributed by atoms with Gasteiger partial charge < -0.3 is 19.9 Å². The van der Waals surface area contributed by atoms with Crippen LogP contribution in [0.1, 0.15) is 32.6 Å². The molecule has 3 aliphatic rings. The summed E-state index contributed by atoms with van der Waals surface area (Å²) in [6, 6.07) is 0.331. The molecule has 1 fully saturated rings. The first-order chi connectivity index (χ1) is 12.6. The minimum absolute atomic E-state index is 0.0652. The quantitative estimate of drug-likeness (QED) is 0.789. The van der Waals surface area contributed by atoms with Crippen molar-refractivity contribution in [2.75, 3.05) is 26.2 Å². The molecular weight excluding hydrogens is 330 g/mol. The van der Waals surface area contributed by atoms with E-state index in [1.165, 1.54) is 0 Å². The van der Waals surface area contributed by atoms with Gasteiger partial charge >= 0.3 is 0 Å². The molecule has 0 radical (unpaired) electrons. The fourth-order valence-electron chi connectivity index (χ4n) is 3.52. The number of piperidine rings is 1. The number of likely N-dealkylation sites (tertiary alicyclic amines) is 1. The average molecular weight is 357 g/mol. The zero-order valence-corrected chi connectivity index (χ0v) is 15.3. The van der Waals surface area contributed by atoms with E-state index in [4.69, 9.17) is 4.74 Å². The van der Waals surface area contributed by atoms with Gasteiger partial charge in [0.05, 0.1) is 0 Å². The normalized spacial score (nSPS) is 21.3. The van der Waals surface area contributed by atoms with Gasteiger partial charge in [-0.15, -0.1) is 0 Å². The van der Waals surface area contributed by atoms with Gasteiger partial charge in [0.25, 0.3) is 0 Å². The zero-order valence-electron chi connectivity index (χ0n) is 15.3. The third-order valence-corrected chi connectivity index (χ3v) is 4.88. The van der Waals surface area contributed by atoms with E-state index in [-0.39, 0.29) is 11.7 Å². The molecule has 1 aliphatic carbocycles. The number of hydrogen-bond acceptors (Lipinski definition) is 5. The number of carbonyl (C=O) groups is 2. The number of hydrogen-bond donors (Lipinski definition) is 1. The molecule has 0 aromatic carbocycles. The second kappa shape index (κ2) is 8.85. The summed E-state index contributed by atoms with van der Waals surface area (Å²) >= 11 is 0. The highest BCUT2D eigenvalue weighted by Crippen LogP contribution is 2.23. The number of ketones is 1. The number of nitrogens with zero attached hydrogens (tertiary/aromatic N) is 2. The fraction of sp³-hybridized carbons (Fsp3) is 0.500. The largest absolute Gasteiger partial charge is 0.462 e. The van der Waals surface area contributed by atoms with Crippen LogP contribution in [0.15, 0.2) is 48.2 Å². The number of amides is 1. The lowest BCUT2D eigenvalue weighted by molar-refractivity contribution is -0.120. The van der Waals surface area contributed by atoms with Crippen molar-refractivity contribution in [3.63, 3.8) is 0 Å². The van der Waals surface area contributed by atoms with Crippen LogP contribution < -0.4 is 5.32 Å².